The molecule has 0 saturated heterocycles. The SMILES string of the molecule is Cc1cccc(CC(CCl)Cc2c(F)ccc(Br)c2F)c1. The largest absolute Gasteiger partial charge is 0.207 e. The van der Waals surface area contributed by atoms with Crippen molar-refractivity contribution in [1.82, 2.24) is 0 Å². The molecule has 0 spiro atoms. The maximum Gasteiger partial charge on any atom is 0.143 e. The van der Waals surface area contributed by atoms with Gasteiger partial charge in [-0.25, -0.2) is 8.78 Å². The Kier molecular flexibility index (Phi) is 5.77. The number of hydrogen-bond acceptors (Lipinski definition) is 0. The summed E-state index contributed by atoms with van der Waals surface area (Å²) in [6.07, 6.45) is 0.991. The van der Waals surface area contributed by atoms with Gasteiger partial charge in [-0.05, 0) is 59.3 Å². The fraction of sp³-hybridized carbons (Fsp3) is 0.294. The molecule has 2 rings (SSSR count). The lowest BCUT2D eigenvalue weighted by atomic mass is 9.93. The molecule has 0 fully saturated rings. The predicted molar refractivity (Wildman–Crippen MR) is 86.9 cm³/mol. The summed E-state index contributed by atoms with van der Waals surface area (Å²) in [5, 5.41) is 0. The first-order chi connectivity index (χ1) is 10.0. The zero-order chi connectivity index (χ0) is 15.4. The molecule has 21 heavy (non-hydrogen) atoms. The molecule has 0 aliphatic heterocycles. The van der Waals surface area contributed by atoms with Crippen LogP contribution in [0.2, 0.25) is 0 Å². The average Bonchev–Trinajstić information content (AvgIpc) is 2.46. The predicted octanol–water partition coefficient (Wildman–Crippen LogP) is 5.68. The maximum absolute atomic E-state index is 14.0. The molecule has 0 radical (unpaired) electrons. The molecule has 0 amide bonds. The lowest BCUT2D eigenvalue weighted by Crippen LogP contribution is -2.13. The van der Waals surface area contributed by atoms with Crippen molar-refractivity contribution in [2.75, 3.05) is 5.88 Å². The number of aryl methyl sites for hydroxylation is 1. The van der Waals surface area contributed by atoms with E-state index in [1.165, 1.54) is 17.7 Å². The molecule has 1 unspecified atom stereocenters. The van der Waals surface area contributed by atoms with Crippen molar-refractivity contribution in [3.8, 4) is 0 Å². The first-order valence-electron chi connectivity index (χ1n) is 6.75. The highest BCUT2D eigenvalue weighted by Gasteiger charge is 2.18. The van der Waals surface area contributed by atoms with Crippen LogP contribution in [0.3, 0.4) is 0 Å². The second kappa shape index (κ2) is 7.37. The molecule has 0 aliphatic rings. The van der Waals surface area contributed by atoms with E-state index < -0.39 is 11.6 Å². The molecular formula is C17H16BrClF2. The molecule has 1 atom stereocenters. The van der Waals surface area contributed by atoms with Gasteiger partial charge in [0.2, 0.25) is 0 Å². The van der Waals surface area contributed by atoms with Crippen molar-refractivity contribution in [2.24, 2.45) is 5.92 Å². The Morgan fingerprint density at radius 2 is 1.90 bits per heavy atom. The topological polar surface area (TPSA) is 0 Å². The van der Waals surface area contributed by atoms with Gasteiger partial charge in [0, 0.05) is 11.4 Å². The standard InChI is InChI=1S/C17H16BrClF2/c1-11-3-2-4-12(7-11)8-13(10-19)9-14-16(20)6-5-15(18)17(14)21/h2-7,13H,8-10H2,1H3. The summed E-state index contributed by atoms with van der Waals surface area (Å²) in [6, 6.07) is 10.8. The Morgan fingerprint density at radius 1 is 1.14 bits per heavy atom. The Hall–Kier alpha value is -0.930. The van der Waals surface area contributed by atoms with E-state index >= 15 is 0 Å². The second-order valence-corrected chi connectivity index (χ2v) is 6.40. The van der Waals surface area contributed by atoms with Crippen molar-refractivity contribution >= 4 is 27.5 Å². The van der Waals surface area contributed by atoms with Crippen LogP contribution in [0.15, 0.2) is 40.9 Å². The van der Waals surface area contributed by atoms with Crippen molar-refractivity contribution in [2.45, 2.75) is 19.8 Å². The van der Waals surface area contributed by atoms with Gasteiger partial charge >= 0.3 is 0 Å². The monoisotopic (exact) mass is 372 g/mol. The van der Waals surface area contributed by atoms with E-state index in [-0.39, 0.29) is 22.4 Å². The van der Waals surface area contributed by atoms with E-state index in [1.807, 2.05) is 25.1 Å². The fourth-order valence-electron chi connectivity index (χ4n) is 2.40. The van der Waals surface area contributed by atoms with Gasteiger partial charge in [0.15, 0.2) is 0 Å². The van der Waals surface area contributed by atoms with Gasteiger partial charge in [-0.2, -0.15) is 0 Å². The molecule has 0 heterocycles. The molecular weight excluding hydrogens is 358 g/mol. The molecule has 0 bridgehead atoms. The Morgan fingerprint density at radius 3 is 2.57 bits per heavy atom. The van der Waals surface area contributed by atoms with Gasteiger partial charge in [-0.3, -0.25) is 0 Å². The van der Waals surface area contributed by atoms with Gasteiger partial charge in [0.25, 0.3) is 0 Å². The third-order valence-corrected chi connectivity index (χ3v) is 4.51. The van der Waals surface area contributed by atoms with Crippen LogP contribution in [0.25, 0.3) is 0 Å². The van der Waals surface area contributed by atoms with E-state index in [0.717, 1.165) is 5.56 Å². The number of hydrogen-bond donors (Lipinski definition) is 0. The molecule has 0 nitrogen and oxygen atoms in total. The van der Waals surface area contributed by atoms with Crippen molar-refractivity contribution < 1.29 is 8.78 Å². The van der Waals surface area contributed by atoms with E-state index in [0.29, 0.717) is 12.3 Å². The highest BCUT2D eigenvalue weighted by molar-refractivity contribution is 9.10. The third-order valence-electron chi connectivity index (χ3n) is 3.46. The van der Waals surface area contributed by atoms with Gasteiger partial charge < -0.3 is 0 Å². The maximum atomic E-state index is 14.0. The molecule has 2 aromatic carbocycles. The second-order valence-electron chi connectivity index (χ2n) is 5.24. The number of alkyl halides is 1. The van der Waals surface area contributed by atoms with Crippen LogP contribution in [0.1, 0.15) is 16.7 Å². The molecule has 112 valence electrons. The van der Waals surface area contributed by atoms with E-state index in [4.69, 9.17) is 11.6 Å². The van der Waals surface area contributed by atoms with Crippen LogP contribution < -0.4 is 0 Å². The smallest absolute Gasteiger partial charge is 0.143 e. The Bertz CT molecular complexity index is 628. The van der Waals surface area contributed by atoms with Crippen molar-refractivity contribution in [1.29, 1.82) is 0 Å². The van der Waals surface area contributed by atoms with E-state index in [1.54, 1.807) is 0 Å². The first-order valence-corrected chi connectivity index (χ1v) is 8.08. The fourth-order valence-corrected chi connectivity index (χ4v) is 2.99. The quantitative estimate of drug-likeness (QED) is 0.467. The molecule has 2 aromatic rings. The minimum absolute atomic E-state index is 0.00762. The summed E-state index contributed by atoms with van der Waals surface area (Å²) in [4.78, 5) is 0. The highest BCUT2D eigenvalue weighted by atomic mass is 79.9. The number of halogens is 4. The average molecular weight is 374 g/mol. The normalized spacial score (nSPS) is 12.4. The summed E-state index contributed by atoms with van der Waals surface area (Å²) >= 11 is 9.09. The first kappa shape index (κ1) is 16.4. The molecule has 0 N–H and O–H groups in total. The van der Waals surface area contributed by atoms with Crippen LogP contribution >= 0.6 is 27.5 Å². The van der Waals surface area contributed by atoms with E-state index in [9.17, 15) is 8.78 Å². The molecule has 0 aromatic heterocycles. The minimum atomic E-state index is -0.533. The van der Waals surface area contributed by atoms with Crippen LogP contribution in [-0.2, 0) is 12.8 Å². The van der Waals surface area contributed by atoms with Crippen molar-refractivity contribution in [3.63, 3.8) is 0 Å². The zero-order valence-corrected chi connectivity index (χ0v) is 14.0. The highest BCUT2D eigenvalue weighted by Crippen LogP contribution is 2.25. The lowest BCUT2D eigenvalue weighted by Gasteiger charge is -2.16. The van der Waals surface area contributed by atoms with Gasteiger partial charge in [0.05, 0.1) is 4.47 Å². The lowest BCUT2D eigenvalue weighted by molar-refractivity contribution is 0.505. The Labute approximate surface area is 137 Å². The zero-order valence-electron chi connectivity index (χ0n) is 11.7. The summed E-state index contributed by atoms with van der Waals surface area (Å²) in [7, 11) is 0. The molecule has 0 aliphatic carbocycles. The van der Waals surface area contributed by atoms with Gasteiger partial charge in [-0.1, -0.05) is 29.8 Å². The summed E-state index contributed by atoms with van der Waals surface area (Å²) in [5.74, 6) is -0.699. The number of benzene rings is 2. The molecule has 0 saturated carbocycles. The van der Waals surface area contributed by atoms with Gasteiger partial charge in [0.1, 0.15) is 11.6 Å². The van der Waals surface area contributed by atoms with Crippen LogP contribution in [0.5, 0.6) is 0 Å². The third kappa shape index (κ3) is 4.27. The Balaban J connectivity index is 2.18. The van der Waals surface area contributed by atoms with Crippen LogP contribution in [0.4, 0.5) is 8.78 Å². The van der Waals surface area contributed by atoms with E-state index in [2.05, 4.69) is 22.0 Å². The summed E-state index contributed by atoms with van der Waals surface area (Å²) in [6.45, 7) is 2.02. The summed E-state index contributed by atoms with van der Waals surface area (Å²) in [5.41, 5.74) is 2.40. The summed E-state index contributed by atoms with van der Waals surface area (Å²) < 4.78 is 28.1. The van der Waals surface area contributed by atoms with Crippen LogP contribution in [0, 0.1) is 24.5 Å². The molecule has 4 heteroatoms. The minimum Gasteiger partial charge on any atom is -0.207 e. The van der Waals surface area contributed by atoms with Gasteiger partial charge in [-0.15, -0.1) is 11.6 Å². The number of rotatable bonds is 5. The van der Waals surface area contributed by atoms with Crippen molar-refractivity contribution in [3.05, 3.63) is 69.2 Å². The van der Waals surface area contributed by atoms with Crippen LogP contribution in [-0.4, -0.2) is 5.88 Å².